The van der Waals surface area contributed by atoms with Gasteiger partial charge in [-0.1, -0.05) is 149 Å². The summed E-state index contributed by atoms with van der Waals surface area (Å²) in [5, 5.41) is 5.38. The van der Waals surface area contributed by atoms with Crippen LogP contribution in [0.15, 0.2) is 121 Å². The van der Waals surface area contributed by atoms with Gasteiger partial charge in [-0.3, -0.25) is 0 Å². The van der Waals surface area contributed by atoms with Crippen LogP contribution in [0.2, 0.25) is 0 Å². The van der Waals surface area contributed by atoms with Crippen LogP contribution in [0, 0.1) is 11.8 Å². The molecule has 1 heterocycles. The normalized spacial score (nSPS) is 17.9. The molecule has 0 aromatic heterocycles. The van der Waals surface area contributed by atoms with E-state index in [1.54, 1.807) is 41.5 Å². The van der Waals surface area contributed by atoms with Gasteiger partial charge in [0.15, 0.2) is 5.79 Å². The predicted octanol–water partition coefficient (Wildman–Crippen LogP) is 7.72. The Balaban J connectivity index is 1.40. The van der Waals surface area contributed by atoms with Gasteiger partial charge in [-0.25, -0.2) is 19.2 Å². The summed E-state index contributed by atoms with van der Waals surface area (Å²) >= 11 is 0. The van der Waals surface area contributed by atoms with E-state index in [9.17, 15) is 19.2 Å². The largest absolute Gasteiger partial charge is 0.458 e. The van der Waals surface area contributed by atoms with E-state index in [1.807, 2.05) is 121 Å². The monoisotopic (exact) mass is 808 g/mol. The van der Waals surface area contributed by atoms with Crippen molar-refractivity contribution in [2.75, 3.05) is 0 Å². The van der Waals surface area contributed by atoms with Crippen LogP contribution in [0.3, 0.4) is 0 Å². The minimum atomic E-state index is -1.19. The number of carbonyl (C=O) groups excluding carboxylic acids is 4. The van der Waals surface area contributed by atoms with Gasteiger partial charge in [-0.2, -0.15) is 0 Å². The van der Waals surface area contributed by atoms with Gasteiger partial charge in [-0.15, -0.1) is 0 Å². The third-order valence-corrected chi connectivity index (χ3v) is 9.80. The number of hydrogen-bond acceptors (Lipinski definition) is 10. The van der Waals surface area contributed by atoms with Crippen molar-refractivity contribution >= 4 is 24.1 Å². The van der Waals surface area contributed by atoms with E-state index in [2.05, 4.69) is 10.6 Å². The Morgan fingerprint density at radius 3 is 1.14 bits per heavy atom. The molecule has 0 radical (unpaired) electrons. The van der Waals surface area contributed by atoms with Crippen LogP contribution in [-0.2, 0) is 64.1 Å². The second-order valence-corrected chi connectivity index (χ2v) is 15.8. The van der Waals surface area contributed by atoms with Gasteiger partial charge in [0.05, 0.1) is 0 Å². The van der Waals surface area contributed by atoms with Crippen molar-refractivity contribution < 1.29 is 47.6 Å². The number of hydrogen-bond donors (Lipinski definition) is 2. The quantitative estimate of drug-likeness (QED) is 0.0757. The average Bonchev–Trinajstić information content (AvgIpc) is 3.56. The minimum Gasteiger partial charge on any atom is -0.458 e. The summed E-state index contributed by atoms with van der Waals surface area (Å²) in [5.41, 5.74) is 3.29. The van der Waals surface area contributed by atoms with Crippen molar-refractivity contribution in [3.63, 3.8) is 0 Å². The van der Waals surface area contributed by atoms with Crippen LogP contribution in [0.4, 0.5) is 9.59 Å². The zero-order valence-corrected chi connectivity index (χ0v) is 34.6. The van der Waals surface area contributed by atoms with Crippen molar-refractivity contribution in [1.29, 1.82) is 0 Å². The van der Waals surface area contributed by atoms with E-state index in [-0.39, 0.29) is 37.9 Å². The fourth-order valence-electron chi connectivity index (χ4n) is 6.76. The highest BCUT2D eigenvalue weighted by atomic mass is 16.8. The number of nitrogens with one attached hydrogen (secondary N) is 2. The second kappa shape index (κ2) is 21.3. The lowest BCUT2D eigenvalue weighted by Gasteiger charge is -2.33. The number of benzene rings is 4. The molecule has 4 aromatic rings. The fourth-order valence-corrected chi connectivity index (χ4v) is 6.76. The number of rotatable bonds is 18. The second-order valence-electron chi connectivity index (χ2n) is 15.8. The maximum absolute atomic E-state index is 14.1. The van der Waals surface area contributed by atoms with Crippen molar-refractivity contribution in [2.45, 2.75) is 110 Å². The maximum atomic E-state index is 14.1. The Morgan fingerprint density at radius 1 is 0.525 bits per heavy atom. The SMILES string of the molecule is CC(C)[C@H](NC(=O)OCc1ccccc1)C(=O)OC(Cc1ccccc1)C1OC(C)(C)OC1C(Cc1ccccc1)OC(=O)[C@@H](NC(=O)OCc1ccccc1)C(C)C. The molecule has 5 rings (SSSR count). The average molecular weight is 809 g/mol. The molecule has 1 saturated heterocycles. The fraction of sp³-hybridized carbons (Fsp3) is 0.404. The molecule has 0 spiro atoms. The highest BCUT2D eigenvalue weighted by Gasteiger charge is 2.52. The molecule has 0 saturated carbocycles. The Labute approximate surface area is 346 Å². The van der Waals surface area contributed by atoms with Crippen LogP contribution in [0.1, 0.15) is 63.8 Å². The first-order valence-corrected chi connectivity index (χ1v) is 20.1. The summed E-state index contributed by atoms with van der Waals surface area (Å²) < 4.78 is 36.7. The molecule has 0 bridgehead atoms. The zero-order chi connectivity index (χ0) is 42.4. The van der Waals surface area contributed by atoms with Gasteiger partial charge in [0.25, 0.3) is 0 Å². The molecule has 314 valence electrons. The predicted molar refractivity (Wildman–Crippen MR) is 221 cm³/mol. The van der Waals surface area contributed by atoms with Gasteiger partial charge in [0.2, 0.25) is 0 Å². The van der Waals surface area contributed by atoms with Crippen molar-refractivity contribution in [3.05, 3.63) is 144 Å². The van der Waals surface area contributed by atoms with Crippen LogP contribution < -0.4 is 10.6 Å². The molecule has 59 heavy (non-hydrogen) atoms. The van der Waals surface area contributed by atoms with Gasteiger partial charge in [0.1, 0.15) is 49.7 Å². The molecule has 6 atom stereocenters. The molecule has 1 aliphatic heterocycles. The third kappa shape index (κ3) is 13.7. The summed E-state index contributed by atoms with van der Waals surface area (Å²) in [4.78, 5) is 54.2. The lowest BCUT2D eigenvalue weighted by molar-refractivity contribution is -0.176. The molecule has 1 fully saturated rings. The Morgan fingerprint density at radius 2 is 0.831 bits per heavy atom. The summed E-state index contributed by atoms with van der Waals surface area (Å²) in [5.74, 6) is -3.32. The first kappa shape index (κ1) is 44.4. The van der Waals surface area contributed by atoms with Gasteiger partial charge in [0, 0.05) is 12.8 Å². The van der Waals surface area contributed by atoms with Crippen LogP contribution in [0.5, 0.6) is 0 Å². The first-order chi connectivity index (χ1) is 28.3. The Bertz CT molecular complexity index is 1790. The van der Waals surface area contributed by atoms with Crippen LogP contribution >= 0.6 is 0 Å². The molecule has 0 aliphatic carbocycles. The lowest BCUT2D eigenvalue weighted by atomic mass is 9.93. The van der Waals surface area contributed by atoms with Crippen molar-refractivity contribution in [1.82, 2.24) is 10.6 Å². The molecule has 2 N–H and O–H groups in total. The highest BCUT2D eigenvalue weighted by Crippen LogP contribution is 2.36. The number of carbonyl (C=O) groups is 4. The van der Waals surface area contributed by atoms with E-state index in [0.717, 1.165) is 22.3 Å². The molecule has 12 heteroatoms. The molecule has 12 nitrogen and oxygen atoms in total. The summed E-state index contributed by atoms with van der Waals surface area (Å²) in [6.45, 7) is 10.7. The third-order valence-electron chi connectivity index (χ3n) is 9.80. The minimum absolute atomic E-state index is 0.0246. The van der Waals surface area contributed by atoms with Gasteiger partial charge >= 0.3 is 24.1 Å². The Hall–Kier alpha value is -5.72. The Kier molecular flexibility index (Phi) is 16.0. The molecule has 1 aliphatic rings. The number of amides is 2. The van der Waals surface area contributed by atoms with Crippen molar-refractivity contribution in [3.8, 4) is 0 Å². The van der Waals surface area contributed by atoms with Crippen LogP contribution in [-0.4, -0.2) is 66.4 Å². The van der Waals surface area contributed by atoms with Crippen LogP contribution in [0.25, 0.3) is 0 Å². The van der Waals surface area contributed by atoms with E-state index in [1.165, 1.54) is 0 Å². The maximum Gasteiger partial charge on any atom is 0.408 e. The molecular formula is C47H56N2O10. The van der Waals surface area contributed by atoms with E-state index >= 15 is 0 Å². The molecule has 4 aromatic carbocycles. The summed E-state index contributed by atoms with van der Waals surface area (Å²) in [7, 11) is 0. The number of esters is 2. The summed E-state index contributed by atoms with van der Waals surface area (Å²) in [6.07, 6.45) is -4.94. The van der Waals surface area contributed by atoms with Gasteiger partial charge < -0.3 is 39.1 Å². The van der Waals surface area contributed by atoms with Crippen molar-refractivity contribution in [2.24, 2.45) is 11.8 Å². The topological polar surface area (TPSA) is 148 Å². The molecule has 2 amide bonds. The van der Waals surface area contributed by atoms with Gasteiger partial charge in [-0.05, 0) is 47.9 Å². The molecule has 4 unspecified atom stereocenters. The standard InChI is InChI=1S/C47H56N2O10/c1-31(2)39(48-45(52)54-29-35-23-15-9-16-24-35)43(50)56-37(27-33-19-11-7-12-20-33)41-42(59-47(5,6)58-41)38(28-34-21-13-8-14-22-34)57-44(51)40(32(3)4)49-46(53)55-30-36-25-17-10-18-26-36/h7-26,31-32,37-42H,27-30H2,1-6H3,(H,48,52)(H,49,53)/t37?,38?,39-,40-,41?,42?/m0/s1. The summed E-state index contributed by atoms with van der Waals surface area (Å²) in [6, 6.07) is 35.2. The molecular weight excluding hydrogens is 753 g/mol. The number of alkyl carbamates (subject to hydrolysis) is 2. The van der Waals surface area contributed by atoms with E-state index < -0.39 is 66.4 Å². The highest BCUT2D eigenvalue weighted by molar-refractivity contribution is 5.82. The number of ether oxygens (including phenoxy) is 6. The zero-order valence-electron chi connectivity index (χ0n) is 34.6. The smallest absolute Gasteiger partial charge is 0.408 e. The van der Waals surface area contributed by atoms with E-state index in [4.69, 9.17) is 28.4 Å². The first-order valence-electron chi connectivity index (χ1n) is 20.1. The lowest BCUT2D eigenvalue weighted by Crippen LogP contribution is -2.52. The van der Waals surface area contributed by atoms with E-state index in [0.29, 0.717) is 0 Å².